The number of rotatable bonds is 6. The summed E-state index contributed by atoms with van der Waals surface area (Å²) < 4.78 is 13.6. The number of carbonyl (C=O) groups is 2. The van der Waals surface area contributed by atoms with Gasteiger partial charge in [0.1, 0.15) is 5.82 Å². The van der Waals surface area contributed by atoms with Gasteiger partial charge in [0.25, 0.3) is 11.6 Å². The first kappa shape index (κ1) is 25.1. The van der Waals surface area contributed by atoms with Gasteiger partial charge in [-0.05, 0) is 63.3 Å². The molecule has 2 aliphatic heterocycles. The van der Waals surface area contributed by atoms with Crippen molar-refractivity contribution in [3.05, 3.63) is 109 Å². The maximum absolute atomic E-state index is 13.3. The molecule has 0 saturated carbocycles. The Labute approximate surface area is 222 Å². The molecule has 7 nitrogen and oxygen atoms in total. The molecule has 2 fully saturated rings. The van der Waals surface area contributed by atoms with E-state index in [1.807, 2.05) is 29.2 Å². The van der Waals surface area contributed by atoms with Crippen LogP contribution in [0.3, 0.4) is 0 Å². The highest BCUT2D eigenvalue weighted by atomic mass is 79.9. The van der Waals surface area contributed by atoms with E-state index in [0.717, 1.165) is 16.7 Å². The molecule has 2 atom stereocenters. The van der Waals surface area contributed by atoms with Gasteiger partial charge >= 0.3 is 0 Å². The van der Waals surface area contributed by atoms with Gasteiger partial charge in [0, 0.05) is 49.6 Å². The average Bonchev–Trinajstić information content (AvgIpc) is 3.46. The molecule has 3 aromatic rings. The molecule has 0 aliphatic carbocycles. The molecular weight excluding hydrogens is 541 g/mol. The van der Waals surface area contributed by atoms with Gasteiger partial charge < -0.3 is 9.80 Å². The van der Waals surface area contributed by atoms with E-state index in [4.69, 9.17) is 0 Å². The van der Waals surface area contributed by atoms with Crippen molar-refractivity contribution in [2.75, 3.05) is 26.2 Å². The Morgan fingerprint density at radius 1 is 0.919 bits per heavy atom. The number of likely N-dealkylation sites (tertiary alicyclic amines) is 2. The van der Waals surface area contributed by atoms with Crippen LogP contribution in [0.1, 0.15) is 27.0 Å². The van der Waals surface area contributed by atoms with Gasteiger partial charge in [-0.2, -0.15) is 0 Å². The number of hydrogen-bond donors (Lipinski definition) is 0. The van der Waals surface area contributed by atoms with E-state index in [1.165, 1.54) is 24.3 Å². The SMILES string of the molecule is O=C(Cc1ccccc1Cc1ccc(F)cc1)N1C[C@@H]2CN(C(=O)c3ccc(Br)c([N+](=O)[O-])c3)C[C@@H]2C1. The quantitative estimate of drug-likeness (QED) is 0.315. The minimum absolute atomic E-state index is 0.0577. The van der Waals surface area contributed by atoms with Gasteiger partial charge in [0.2, 0.25) is 5.91 Å². The van der Waals surface area contributed by atoms with Crippen LogP contribution in [0.15, 0.2) is 71.2 Å². The lowest BCUT2D eigenvalue weighted by Gasteiger charge is -2.22. The number of carbonyl (C=O) groups excluding carboxylic acids is 2. The van der Waals surface area contributed by atoms with Crippen LogP contribution >= 0.6 is 15.9 Å². The summed E-state index contributed by atoms with van der Waals surface area (Å²) in [7, 11) is 0. The Kier molecular flexibility index (Phi) is 7.06. The van der Waals surface area contributed by atoms with Crippen molar-refractivity contribution < 1.29 is 18.9 Å². The van der Waals surface area contributed by atoms with E-state index in [0.29, 0.717) is 49.1 Å². The van der Waals surface area contributed by atoms with Crippen molar-refractivity contribution in [2.45, 2.75) is 12.8 Å². The summed E-state index contributed by atoms with van der Waals surface area (Å²) in [6.45, 7) is 2.23. The molecule has 0 aromatic heterocycles. The lowest BCUT2D eigenvalue weighted by molar-refractivity contribution is -0.385. The average molecular weight is 566 g/mol. The van der Waals surface area contributed by atoms with Crippen LogP contribution in [0.2, 0.25) is 0 Å². The van der Waals surface area contributed by atoms with Gasteiger partial charge in [0.05, 0.1) is 15.8 Å². The van der Waals surface area contributed by atoms with Gasteiger partial charge in [-0.3, -0.25) is 19.7 Å². The molecule has 37 heavy (non-hydrogen) atoms. The third-order valence-corrected chi connectivity index (χ3v) is 7.95. The first-order valence-corrected chi connectivity index (χ1v) is 12.9. The van der Waals surface area contributed by atoms with Crippen molar-refractivity contribution >= 4 is 33.4 Å². The lowest BCUT2D eigenvalue weighted by atomic mass is 9.97. The fourth-order valence-corrected chi connectivity index (χ4v) is 5.72. The molecule has 0 spiro atoms. The smallest absolute Gasteiger partial charge is 0.284 e. The van der Waals surface area contributed by atoms with Crippen molar-refractivity contribution in [1.29, 1.82) is 0 Å². The van der Waals surface area contributed by atoms with E-state index in [1.54, 1.807) is 23.1 Å². The molecule has 190 valence electrons. The van der Waals surface area contributed by atoms with Gasteiger partial charge in [-0.15, -0.1) is 0 Å². The molecule has 0 radical (unpaired) electrons. The second kappa shape index (κ2) is 10.4. The highest BCUT2D eigenvalue weighted by molar-refractivity contribution is 9.10. The summed E-state index contributed by atoms with van der Waals surface area (Å²) in [4.78, 5) is 40.5. The number of nitro benzene ring substituents is 1. The monoisotopic (exact) mass is 565 g/mol. The second-order valence-electron chi connectivity index (χ2n) is 9.70. The van der Waals surface area contributed by atoms with E-state index in [-0.39, 0.29) is 35.2 Å². The van der Waals surface area contributed by atoms with Crippen molar-refractivity contribution in [3.8, 4) is 0 Å². The molecule has 2 aliphatic rings. The van der Waals surface area contributed by atoms with E-state index >= 15 is 0 Å². The van der Waals surface area contributed by atoms with Gasteiger partial charge in [0.15, 0.2) is 0 Å². The molecule has 0 unspecified atom stereocenters. The van der Waals surface area contributed by atoms with Crippen LogP contribution in [-0.4, -0.2) is 52.7 Å². The zero-order chi connectivity index (χ0) is 26.1. The maximum atomic E-state index is 13.3. The molecule has 3 aromatic carbocycles. The number of nitro groups is 1. The normalized spacial score (nSPS) is 18.6. The summed E-state index contributed by atoms with van der Waals surface area (Å²) in [5.74, 6) is -0.0641. The Bertz CT molecular complexity index is 1350. The summed E-state index contributed by atoms with van der Waals surface area (Å²) >= 11 is 3.15. The summed E-state index contributed by atoms with van der Waals surface area (Å²) in [5.41, 5.74) is 3.14. The molecule has 0 N–H and O–H groups in total. The minimum atomic E-state index is -0.513. The molecule has 2 heterocycles. The van der Waals surface area contributed by atoms with Crippen LogP contribution in [0, 0.1) is 27.8 Å². The van der Waals surface area contributed by atoms with Crippen LogP contribution in [0.25, 0.3) is 0 Å². The Hall–Kier alpha value is -3.59. The van der Waals surface area contributed by atoms with E-state index < -0.39 is 4.92 Å². The van der Waals surface area contributed by atoms with Crippen LogP contribution in [-0.2, 0) is 17.6 Å². The first-order valence-electron chi connectivity index (χ1n) is 12.1. The number of benzene rings is 3. The van der Waals surface area contributed by atoms with E-state index in [9.17, 15) is 24.1 Å². The molecule has 9 heteroatoms. The Balaban J connectivity index is 1.20. The predicted molar refractivity (Wildman–Crippen MR) is 140 cm³/mol. The predicted octanol–water partition coefficient (Wildman–Crippen LogP) is 4.86. The summed E-state index contributed by atoms with van der Waals surface area (Å²) in [6, 6.07) is 18.7. The molecule has 0 bridgehead atoms. The number of amides is 2. The third kappa shape index (κ3) is 5.41. The van der Waals surface area contributed by atoms with Crippen molar-refractivity contribution in [3.63, 3.8) is 0 Å². The maximum Gasteiger partial charge on any atom is 0.284 e. The summed E-state index contributed by atoms with van der Waals surface area (Å²) in [5, 5.41) is 11.2. The number of fused-ring (bicyclic) bond motifs is 1. The van der Waals surface area contributed by atoms with Crippen LogP contribution in [0.4, 0.5) is 10.1 Å². The zero-order valence-corrected chi connectivity index (χ0v) is 21.6. The third-order valence-electron chi connectivity index (χ3n) is 7.28. The zero-order valence-electron chi connectivity index (χ0n) is 20.0. The Morgan fingerprint density at radius 3 is 2.19 bits per heavy atom. The lowest BCUT2D eigenvalue weighted by Crippen LogP contribution is -2.36. The fraction of sp³-hybridized carbons (Fsp3) is 0.286. The summed E-state index contributed by atoms with van der Waals surface area (Å²) in [6.07, 6.45) is 0.919. The fourth-order valence-electron chi connectivity index (χ4n) is 5.33. The largest absolute Gasteiger partial charge is 0.342 e. The van der Waals surface area contributed by atoms with Crippen LogP contribution < -0.4 is 0 Å². The standard InChI is InChI=1S/C28H25BrFN3O4/c29-25-10-7-21(12-26(25)33(36)37)28(35)32-16-22-14-31(15-23(22)17-32)27(34)13-20-4-2-1-3-19(20)11-18-5-8-24(30)9-6-18/h1-10,12,22-23H,11,13-17H2/t22-,23+. The molecule has 2 saturated heterocycles. The van der Waals surface area contributed by atoms with Gasteiger partial charge in [-0.1, -0.05) is 36.4 Å². The van der Waals surface area contributed by atoms with Crippen LogP contribution in [0.5, 0.6) is 0 Å². The van der Waals surface area contributed by atoms with Crippen molar-refractivity contribution in [1.82, 2.24) is 9.80 Å². The van der Waals surface area contributed by atoms with Crippen molar-refractivity contribution in [2.24, 2.45) is 11.8 Å². The van der Waals surface area contributed by atoms with E-state index in [2.05, 4.69) is 15.9 Å². The molecule has 2 amide bonds. The number of halogens is 2. The second-order valence-corrected chi connectivity index (χ2v) is 10.6. The molecular formula is C28H25BrFN3O4. The topological polar surface area (TPSA) is 83.8 Å². The Morgan fingerprint density at radius 2 is 1.54 bits per heavy atom. The minimum Gasteiger partial charge on any atom is -0.342 e. The highest BCUT2D eigenvalue weighted by Gasteiger charge is 2.43. The van der Waals surface area contributed by atoms with Gasteiger partial charge in [-0.25, -0.2) is 4.39 Å². The number of hydrogen-bond acceptors (Lipinski definition) is 4. The first-order chi connectivity index (χ1) is 17.8. The highest BCUT2D eigenvalue weighted by Crippen LogP contribution is 2.33. The number of nitrogens with zero attached hydrogens (tertiary/aromatic N) is 3. The molecule has 5 rings (SSSR count).